The number of unbranched alkanes of at least 4 members (excludes halogenated alkanes) is 1. The number of piperidine rings is 1. The van der Waals surface area contributed by atoms with Gasteiger partial charge in [-0.05, 0) is 63.1 Å². The number of hydrogen-bond acceptors (Lipinski definition) is 2. The zero-order valence-corrected chi connectivity index (χ0v) is 15.1. The number of rotatable bonds is 8. The summed E-state index contributed by atoms with van der Waals surface area (Å²) in [7, 11) is 1.95. The first kappa shape index (κ1) is 20.0. The third-order valence-corrected chi connectivity index (χ3v) is 4.70. The van der Waals surface area contributed by atoms with Crippen molar-refractivity contribution in [2.24, 2.45) is 5.92 Å². The molecule has 0 aromatic heterocycles. The van der Waals surface area contributed by atoms with Crippen molar-refractivity contribution in [2.75, 3.05) is 26.7 Å². The number of benzene rings is 1. The second-order valence-electron chi connectivity index (χ2n) is 6.49. The molecule has 1 saturated heterocycles. The lowest BCUT2D eigenvalue weighted by molar-refractivity contribution is -0.130. The van der Waals surface area contributed by atoms with Crippen molar-refractivity contribution >= 4 is 18.3 Å². The first-order valence-corrected chi connectivity index (χ1v) is 8.74. The molecule has 0 radical (unpaired) electrons. The monoisotopic (exact) mass is 338 g/mol. The maximum atomic E-state index is 12.2. The molecular weight excluding hydrogens is 308 g/mol. The highest BCUT2D eigenvalue weighted by Gasteiger charge is 2.16. The fourth-order valence-corrected chi connectivity index (χ4v) is 3.14. The van der Waals surface area contributed by atoms with Crippen LogP contribution in [0.4, 0.5) is 0 Å². The third kappa shape index (κ3) is 7.85. The maximum Gasteiger partial charge on any atom is 0.222 e. The van der Waals surface area contributed by atoms with Crippen molar-refractivity contribution in [2.45, 2.75) is 44.9 Å². The summed E-state index contributed by atoms with van der Waals surface area (Å²) in [6.07, 6.45) is 7.59. The summed E-state index contributed by atoms with van der Waals surface area (Å²) in [6, 6.07) is 10.6. The molecule has 1 fully saturated rings. The Hall–Kier alpha value is -1.06. The number of aryl methyl sites for hydroxylation is 1. The van der Waals surface area contributed by atoms with Crippen LogP contribution < -0.4 is 5.32 Å². The molecule has 2 rings (SSSR count). The van der Waals surface area contributed by atoms with Crippen LogP contribution in [-0.4, -0.2) is 37.5 Å². The Labute approximate surface area is 147 Å². The van der Waals surface area contributed by atoms with Gasteiger partial charge in [-0.2, -0.15) is 0 Å². The molecule has 0 unspecified atom stereocenters. The van der Waals surface area contributed by atoms with Gasteiger partial charge in [0.1, 0.15) is 0 Å². The lowest BCUT2D eigenvalue weighted by Gasteiger charge is -2.23. The standard InChI is InChI=1S/C19H30N2O.ClH/c1-21(16-6-5-9-17-7-3-2-4-8-17)19(22)11-10-18-12-14-20-15-13-18;/h2-4,7-8,18,20H,5-6,9-16H2,1H3;1H. The van der Waals surface area contributed by atoms with Gasteiger partial charge in [0.15, 0.2) is 0 Å². The summed E-state index contributed by atoms with van der Waals surface area (Å²) in [5, 5.41) is 3.38. The van der Waals surface area contributed by atoms with Crippen LogP contribution in [-0.2, 0) is 11.2 Å². The molecule has 1 heterocycles. The topological polar surface area (TPSA) is 32.3 Å². The molecule has 0 aliphatic carbocycles. The summed E-state index contributed by atoms with van der Waals surface area (Å²) in [6.45, 7) is 3.13. The molecule has 0 atom stereocenters. The minimum Gasteiger partial charge on any atom is -0.346 e. The Morgan fingerprint density at radius 1 is 1.17 bits per heavy atom. The molecule has 1 aromatic rings. The Bertz CT molecular complexity index is 432. The van der Waals surface area contributed by atoms with Gasteiger partial charge in [-0.1, -0.05) is 30.3 Å². The van der Waals surface area contributed by atoms with Gasteiger partial charge in [0.2, 0.25) is 5.91 Å². The van der Waals surface area contributed by atoms with E-state index in [2.05, 4.69) is 35.6 Å². The predicted molar refractivity (Wildman–Crippen MR) is 99.1 cm³/mol. The van der Waals surface area contributed by atoms with E-state index in [1.54, 1.807) is 0 Å². The zero-order chi connectivity index (χ0) is 15.6. The normalized spacial score (nSPS) is 15.0. The van der Waals surface area contributed by atoms with Gasteiger partial charge in [0.25, 0.3) is 0 Å². The number of carbonyl (C=O) groups is 1. The molecule has 0 saturated carbocycles. The maximum absolute atomic E-state index is 12.2. The van der Waals surface area contributed by atoms with Gasteiger partial charge in [-0.3, -0.25) is 4.79 Å². The van der Waals surface area contributed by atoms with E-state index in [1.165, 1.54) is 18.4 Å². The lowest BCUT2D eigenvalue weighted by atomic mass is 9.93. The smallest absolute Gasteiger partial charge is 0.222 e. The van der Waals surface area contributed by atoms with E-state index in [4.69, 9.17) is 0 Å². The van der Waals surface area contributed by atoms with Crippen LogP contribution in [0.3, 0.4) is 0 Å². The Morgan fingerprint density at radius 3 is 2.57 bits per heavy atom. The average Bonchev–Trinajstić information content (AvgIpc) is 2.58. The van der Waals surface area contributed by atoms with E-state index >= 15 is 0 Å². The van der Waals surface area contributed by atoms with Crippen LogP contribution in [0.5, 0.6) is 0 Å². The van der Waals surface area contributed by atoms with Gasteiger partial charge in [0, 0.05) is 20.0 Å². The summed E-state index contributed by atoms with van der Waals surface area (Å²) in [5.41, 5.74) is 1.39. The molecule has 0 bridgehead atoms. The lowest BCUT2D eigenvalue weighted by Crippen LogP contribution is -2.30. The van der Waals surface area contributed by atoms with Crippen LogP contribution in [0, 0.1) is 5.92 Å². The van der Waals surface area contributed by atoms with Crippen LogP contribution in [0.2, 0.25) is 0 Å². The molecular formula is C19H31ClN2O. The van der Waals surface area contributed by atoms with Gasteiger partial charge in [-0.15, -0.1) is 12.4 Å². The third-order valence-electron chi connectivity index (χ3n) is 4.70. The van der Waals surface area contributed by atoms with Gasteiger partial charge < -0.3 is 10.2 Å². The van der Waals surface area contributed by atoms with Crippen molar-refractivity contribution in [1.29, 1.82) is 0 Å². The fraction of sp³-hybridized carbons (Fsp3) is 0.632. The van der Waals surface area contributed by atoms with Crippen LogP contribution in [0.25, 0.3) is 0 Å². The molecule has 1 N–H and O–H groups in total. The van der Waals surface area contributed by atoms with E-state index in [0.717, 1.165) is 57.7 Å². The SMILES string of the molecule is CN(CCCCc1ccccc1)C(=O)CCC1CCNCC1.Cl. The molecule has 1 aromatic carbocycles. The molecule has 130 valence electrons. The number of nitrogens with zero attached hydrogens (tertiary/aromatic N) is 1. The molecule has 1 aliphatic heterocycles. The Balaban J connectivity index is 0.00000264. The second kappa shape index (κ2) is 11.5. The zero-order valence-electron chi connectivity index (χ0n) is 14.3. The van der Waals surface area contributed by atoms with E-state index < -0.39 is 0 Å². The number of nitrogens with one attached hydrogen (secondary N) is 1. The summed E-state index contributed by atoms with van der Waals surface area (Å²) >= 11 is 0. The number of carbonyl (C=O) groups excluding carboxylic acids is 1. The molecule has 23 heavy (non-hydrogen) atoms. The van der Waals surface area contributed by atoms with Crippen LogP contribution in [0.15, 0.2) is 30.3 Å². The van der Waals surface area contributed by atoms with Gasteiger partial charge in [-0.25, -0.2) is 0 Å². The van der Waals surface area contributed by atoms with Gasteiger partial charge in [0.05, 0.1) is 0 Å². The minimum absolute atomic E-state index is 0. The fourth-order valence-electron chi connectivity index (χ4n) is 3.14. The van der Waals surface area contributed by atoms with Crippen molar-refractivity contribution in [3.05, 3.63) is 35.9 Å². The highest BCUT2D eigenvalue weighted by atomic mass is 35.5. The highest BCUT2D eigenvalue weighted by molar-refractivity contribution is 5.85. The minimum atomic E-state index is 0. The molecule has 1 amide bonds. The first-order chi connectivity index (χ1) is 10.8. The molecule has 4 heteroatoms. The Kier molecular flexibility index (Phi) is 9.97. The predicted octanol–water partition coefficient (Wildman–Crippen LogP) is 3.67. The van der Waals surface area contributed by atoms with Crippen molar-refractivity contribution in [3.8, 4) is 0 Å². The number of halogens is 1. The summed E-state index contributed by atoms with van der Waals surface area (Å²) in [4.78, 5) is 14.1. The number of amides is 1. The average molecular weight is 339 g/mol. The van der Waals surface area contributed by atoms with E-state index in [0.29, 0.717) is 5.91 Å². The van der Waals surface area contributed by atoms with E-state index in [1.807, 2.05) is 11.9 Å². The van der Waals surface area contributed by atoms with E-state index in [9.17, 15) is 4.79 Å². The Morgan fingerprint density at radius 2 is 1.87 bits per heavy atom. The second-order valence-corrected chi connectivity index (χ2v) is 6.49. The molecule has 1 aliphatic rings. The largest absolute Gasteiger partial charge is 0.346 e. The molecule has 0 spiro atoms. The highest BCUT2D eigenvalue weighted by Crippen LogP contribution is 2.18. The van der Waals surface area contributed by atoms with Crippen molar-refractivity contribution in [3.63, 3.8) is 0 Å². The van der Waals surface area contributed by atoms with Crippen molar-refractivity contribution < 1.29 is 4.79 Å². The quantitative estimate of drug-likeness (QED) is 0.733. The summed E-state index contributed by atoms with van der Waals surface area (Å²) < 4.78 is 0. The van der Waals surface area contributed by atoms with Crippen molar-refractivity contribution in [1.82, 2.24) is 10.2 Å². The van der Waals surface area contributed by atoms with E-state index in [-0.39, 0.29) is 12.4 Å². The van der Waals surface area contributed by atoms with Gasteiger partial charge >= 0.3 is 0 Å². The molecule has 3 nitrogen and oxygen atoms in total. The first-order valence-electron chi connectivity index (χ1n) is 8.74. The number of hydrogen-bond donors (Lipinski definition) is 1. The summed E-state index contributed by atoms with van der Waals surface area (Å²) in [5.74, 6) is 1.06. The van der Waals surface area contributed by atoms with Crippen LogP contribution >= 0.6 is 12.4 Å². The van der Waals surface area contributed by atoms with Crippen LogP contribution in [0.1, 0.15) is 44.1 Å².